The van der Waals surface area contributed by atoms with Gasteiger partial charge >= 0.3 is 0 Å². The zero-order chi connectivity index (χ0) is 26.0. The Labute approximate surface area is 217 Å². The van der Waals surface area contributed by atoms with Crippen molar-refractivity contribution in [2.75, 3.05) is 50.8 Å². The monoisotopic (exact) mass is 533 g/mol. The Kier molecular flexibility index (Phi) is 7.82. The zero-order valence-corrected chi connectivity index (χ0v) is 21.9. The molecular weight excluding hydrogens is 498 g/mol. The predicted octanol–water partition coefficient (Wildman–Crippen LogP) is 0.457. The van der Waals surface area contributed by atoms with Crippen molar-refractivity contribution in [1.29, 1.82) is 0 Å². The number of rotatable bonds is 5. The Morgan fingerprint density at radius 3 is 2.57 bits per heavy atom. The van der Waals surface area contributed by atoms with Crippen LogP contribution in [0.1, 0.15) is 19.3 Å². The number of hydrogen-bond acceptors (Lipinski definition) is 8. The second-order valence-corrected chi connectivity index (χ2v) is 11.8. The Bertz CT molecular complexity index is 1170. The highest BCUT2D eigenvalue weighted by Crippen LogP contribution is 2.31. The summed E-state index contributed by atoms with van der Waals surface area (Å²) in [6, 6.07) is 9.68. The molecule has 2 aromatic rings. The van der Waals surface area contributed by atoms with Crippen LogP contribution in [0, 0.1) is 0 Å². The molecule has 1 N–H and O–H groups in total. The normalized spacial score (nSPS) is 27.8. The first-order valence-electron chi connectivity index (χ1n) is 12.8. The van der Waals surface area contributed by atoms with Gasteiger partial charge in [-0.2, -0.15) is 4.31 Å². The third kappa shape index (κ3) is 5.83. The lowest BCUT2D eigenvalue weighted by Gasteiger charge is -2.43. The minimum atomic E-state index is -3.94. The van der Waals surface area contributed by atoms with Crippen molar-refractivity contribution in [3.05, 3.63) is 42.9 Å². The van der Waals surface area contributed by atoms with Gasteiger partial charge < -0.3 is 28.9 Å². The van der Waals surface area contributed by atoms with Gasteiger partial charge in [0.1, 0.15) is 0 Å². The first-order chi connectivity index (χ1) is 17.8. The average molecular weight is 534 g/mol. The van der Waals surface area contributed by atoms with Gasteiger partial charge in [0.25, 0.3) is 10.0 Å². The number of anilines is 1. The highest BCUT2D eigenvalue weighted by molar-refractivity contribution is 7.89. The van der Waals surface area contributed by atoms with E-state index in [-0.39, 0.29) is 43.2 Å². The number of benzene rings is 1. The second kappa shape index (κ2) is 11.1. The molecule has 3 aliphatic heterocycles. The quantitative estimate of drug-likeness (QED) is 0.589. The molecule has 5 rings (SSSR count). The maximum absolute atomic E-state index is 13.4. The number of piperazine rings is 1. The van der Waals surface area contributed by atoms with Crippen molar-refractivity contribution in [3.8, 4) is 0 Å². The molecule has 1 aromatic heterocycles. The number of β-amino-alcohol motifs (C(OH)–C–C–N with tert-alkyl or cyclic N) is 1. The molecule has 37 heavy (non-hydrogen) atoms. The molecule has 3 fully saturated rings. The number of hydrogen-bond donors (Lipinski definition) is 1. The molecule has 3 aliphatic rings. The maximum atomic E-state index is 13.4. The van der Waals surface area contributed by atoms with Crippen LogP contribution in [0.4, 0.5) is 5.69 Å². The molecule has 0 bridgehead atoms. The number of fused-ring (bicyclic) bond motifs is 1. The Balaban J connectivity index is 1.21. The number of aliphatic hydroxyl groups excluding tert-OH is 1. The van der Waals surface area contributed by atoms with Gasteiger partial charge in [-0.1, -0.05) is 18.2 Å². The third-order valence-electron chi connectivity index (χ3n) is 7.34. The summed E-state index contributed by atoms with van der Waals surface area (Å²) in [6.45, 7) is 2.93. The summed E-state index contributed by atoms with van der Waals surface area (Å²) in [6.07, 6.45) is 2.40. The number of amides is 1. The first kappa shape index (κ1) is 26.1. The molecule has 0 aliphatic carbocycles. The van der Waals surface area contributed by atoms with Crippen molar-refractivity contribution < 1.29 is 27.8 Å². The largest absolute Gasteiger partial charge is 0.389 e. The lowest BCUT2D eigenvalue weighted by Crippen LogP contribution is -2.57. The van der Waals surface area contributed by atoms with E-state index >= 15 is 0 Å². The molecule has 0 radical (unpaired) electrons. The maximum Gasteiger partial charge on any atom is 0.262 e. The van der Waals surface area contributed by atoms with Gasteiger partial charge in [-0.25, -0.2) is 13.4 Å². The van der Waals surface area contributed by atoms with E-state index in [1.54, 1.807) is 11.6 Å². The van der Waals surface area contributed by atoms with Gasteiger partial charge in [-0.15, -0.1) is 0 Å². The van der Waals surface area contributed by atoms with Gasteiger partial charge in [0.2, 0.25) is 5.91 Å². The third-order valence-corrected chi connectivity index (χ3v) is 9.12. The topological polar surface area (TPSA) is 117 Å². The number of sulfonamides is 1. The fourth-order valence-electron chi connectivity index (χ4n) is 5.39. The van der Waals surface area contributed by atoms with Crippen LogP contribution in [-0.4, -0.2) is 108 Å². The lowest BCUT2D eigenvalue weighted by molar-refractivity contribution is -0.151. The summed E-state index contributed by atoms with van der Waals surface area (Å²) in [7, 11) is -2.24. The zero-order valence-electron chi connectivity index (χ0n) is 21.1. The minimum Gasteiger partial charge on any atom is -0.389 e. The molecule has 11 nitrogen and oxygen atoms in total. The molecular formula is C25H35N5O6S. The van der Waals surface area contributed by atoms with Crippen molar-refractivity contribution >= 4 is 21.6 Å². The highest BCUT2D eigenvalue weighted by atomic mass is 32.2. The number of aromatic nitrogens is 2. The minimum absolute atomic E-state index is 0.0100. The van der Waals surface area contributed by atoms with Gasteiger partial charge in [-0.3, -0.25) is 4.79 Å². The number of carbonyl (C=O) groups excluding carboxylic acids is 1. The molecule has 4 heterocycles. The molecule has 3 saturated heterocycles. The van der Waals surface area contributed by atoms with E-state index in [0.29, 0.717) is 25.9 Å². The summed E-state index contributed by atoms with van der Waals surface area (Å²) in [5.74, 6) is 0.0521. The van der Waals surface area contributed by atoms with E-state index in [4.69, 9.17) is 9.47 Å². The van der Waals surface area contributed by atoms with Gasteiger partial charge in [0.05, 0.1) is 50.3 Å². The average Bonchev–Trinajstić information content (AvgIpc) is 3.34. The van der Waals surface area contributed by atoms with Crippen molar-refractivity contribution in [2.45, 2.75) is 48.6 Å². The number of nitrogens with zero attached hydrogens (tertiary/aromatic N) is 5. The van der Waals surface area contributed by atoms with E-state index < -0.39 is 28.3 Å². The number of imidazole rings is 1. The molecule has 0 saturated carbocycles. The van der Waals surface area contributed by atoms with E-state index in [0.717, 1.165) is 18.8 Å². The van der Waals surface area contributed by atoms with E-state index in [2.05, 4.69) is 22.0 Å². The summed E-state index contributed by atoms with van der Waals surface area (Å²) in [5.41, 5.74) is 1.16. The van der Waals surface area contributed by atoms with Gasteiger partial charge in [-0.05, 0) is 25.0 Å². The summed E-state index contributed by atoms with van der Waals surface area (Å²) >= 11 is 0. The number of carbonyl (C=O) groups is 1. The van der Waals surface area contributed by atoms with Crippen molar-refractivity contribution in [2.24, 2.45) is 7.05 Å². The van der Waals surface area contributed by atoms with Crippen LogP contribution in [0.2, 0.25) is 0 Å². The Morgan fingerprint density at radius 2 is 1.86 bits per heavy atom. The van der Waals surface area contributed by atoms with Crippen LogP contribution in [0.5, 0.6) is 0 Å². The SMILES string of the molecule is Cn1cnc(S(=O)(=O)N2C[C@@H](O)COC[C@H]3O[C@@H](CC(=O)N4CCN(c5ccccc5)CC4)CC[C@@H]32)c1. The van der Waals surface area contributed by atoms with E-state index in [9.17, 15) is 18.3 Å². The molecule has 1 aromatic carbocycles. The predicted molar refractivity (Wildman–Crippen MR) is 135 cm³/mol. The fraction of sp³-hybridized carbons (Fsp3) is 0.600. The Morgan fingerprint density at radius 1 is 1.11 bits per heavy atom. The molecule has 12 heteroatoms. The van der Waals surface area contributed by atoms with Crippen molar-refractivity contribution in [3.63, 3.8) is 0 Å². The van der Waals surface area contributed by atoms with Crippen LogP contribution in [-0.2, 0) is 31.3 Å². The number of aryl methyl sites for hydroxylation is 1. The fourth-order valence-corrected chi connectivity index (χ4v) is 7.08. The van der Waals surface area contributed by atoms with Gasteiger partial charge in [0, 0.05) is 51.7 Å². The summed E-state index contributed by atoms with van der Waals surface area (Å²) in [5, 5.41) is 10.3. The molecule has 4 atom stereocenters. The van der Waals surface area contributed by atoms with Crippen LogP contribution >= 0.6 is 0 Å². The summed E-state index contributed by atoms with van der Waals surface area (Å²) in [4.78, 5) is 21.3. The molecule has 0 spiro atoms. The highest BCUT2D eigenvalue weighted by Gasteiger charge is 2.44. The van der Waals surface area contributed by atoms with Crippen LogP contribution in [0.3, 0.4) is 0 Å². The smallest absolute Gasteiger partial charge is 0.262 e. The van der Waals surface area contributed by atoms with Crippen LogP contribution in [0.15, 0.2) is 47.9 Å². The summed E-state index contributed by atoms with van der Waals surface area (Å²) < 4.78 is 41.7. The number of aliphatic hydroxyl groups is 1. The standard InChI is InChI=1S/C25H35N5O6S/c1-27-15-24(26-18-27)37(33,34)30-14-20(31)16-35-17-23-22(30)8-7-21(36-23)13-25(32)29-11-9-28(10-12-29)19-5-3-2-4-6-19/h2-6,15,18,20-23,31H,7-14,16-17H2,1H3/t20-,21-,22+,23-/m1/s1. The Hall–Kier alpha value is -2.51. The van der Waals surface area contributed by atoms with E-state index in [1.165, 1.54) is 16.8 Å². The first-order valence-corrected chi connectivity index (χ1v) is 14.2. The molecule has 202 valence electrons. The second-order valence-electron chi connectivity index (χ2n) is 9.99. The van der Waals surface area contributed by atoms with Gasteiger partial charge in [0.15, 0.2) is 5.03 Å². The van der Waals surface area contributed by atoms with E-state index in [1.807, 2.05) is 23.1 Å². The molecule has 0 unspecified atom stereocenters. The lowest BCUT2D eigenvalue weighted by atomic mass is 9.96. The molecule has 1 amide bonds. The van der Waals surface area contributed by atoms with Crippen LogP contribution in [0.25, 0.3) is 0 Å². The van der Waals surface area contributed by atoms with Crippen molar-refractivity contribution in [1.82, 2.24) is 18.8 Å². The van der Waals surface area contributed by atoms with Crippen LogP contribution < -0.4 is 4.90 Å². The number of ether oxygens (including phenoxy) is 2. The number of para-hydroxylation sites is 1.